The Morgan fingerprint density at radius 3 is 2.20 bits per heavy atom. The molecule has 0 aromatic heterocycles. The van der Waals surface area contributed by atoms with Crippen molar-refractivity contribution in [1.29, 1.82) is 0 Å². The SMILES string of the molecule is CCCCCCCN(C)c1ccc(CCC(C)C)cc1. The average Bonchev–Trinajstić information content (AvgIpc) is 2.45. The summed E-state index contributed by atoms with van der Waals surface area (Å²) in [4.78, 5) is 2.39. The van der Waals surface area contributed by atoms with Gasteiger partial charge in [-0.3, -0.25) is 0 Å². The summed E-state index contributed by atoms with van der Waals surface area (Å²) in [6, 6.07) is 9.15. The minimum Gasteiger partial charge on any atom is -0.375 e. The van der Waals surface area contributed by atoms with Crippen LogP contribution in [0.5, 0.6) is 0 Å². The van der Waals surface area contributed by atoms with Gasteiger partial charge in [-0.15, -0.1) is 0 Å². The molecular weight excluding hydrogens is 242 g/mol. The topological polar surface area (TPSA) is 3.24 Å². The summed E-state index contributed by atoms with van der Waals surface area (Å²) in [5.41, 5.74) is 2.83. The van der Waals surface area contributed by atoms with E-state index >= 15 is 0 Å². The first-order valence-electron chi connectivity index (χ1n) is 8.43. The smallest absolute Gasteiger partial charge is 0.0363 e. The zero-order valence-electron chi connectivity index (χ0n) is 14.0. The van der Waals surface area contributed by atoms with E-state index in [1.54, 1.807) is 0 Å². The van der Waals surface area contributed by atoms with Crippen molar-refractivity contribution >= 4 is 5.69 Å². The fourth-order valence-corrected chi connectivity index (χ4v) is 2.45. The Bertz CT molecular complexity index is 339. The van der Waals surface area contributed by atoms with Crippen molar-refractivity contribution in [2.45, 2.75) is 65.7 Å². The highest BCUT2D eigenvalue weighted by Crippen LogP contribution is 2.17. The summed E-state index contributed by atoms with van der Waals surface area (Å²) < 4.78 is 0. The van der Waals surface area contributed by atoms with Gasteiger partial charge >= 0.3 is 0 Å². The van der Waals surface area contributed by atoms with Crippen LogP contribution in [0.2, 0.25) is 0 Å². The largest absolute Gasteiger partial charge is 0.375 e. The third-order valence-electron chi connectivity index (χ3n) is 3.98. The molecule has 0 spiro atoms. The molecule has 0 aliphatic carbocycles. The van der Waals surface area contributed by atoms with Gasteiger partial charge in [-0.05, 0) is 42.9 Å². The van der Waals surface area contributed by atoms with E-state index in [1.807, 2.05) is 0 Å². The van der Waals surface area contributed by atoms with Crippen molar-refractivity contribution in [2.75, 3.05) is 18.5 Å². The van der Waals surface area contributed by atoms with Crippen LogP contribution in [0.25, 0.3) is 0 Å². The maximum atomic E-state index is 2.39. The Morgan fingerprint density at radius 1 is 0.950 bits per heavy atom. The Hall–Kier alpha value is -0.980. The summed E-state index contributed by atoms with van der Waals surface area (Å²) in [7, 11) is 2.21. The predicted molar refractivity (Wildman–Crippen MR) is 91.6 cm³/mol. The summed E-state index contributed by atoms with van der Waals surface area (Å²) >= 11 is 0. The average molecular weight is 275 g/mol. The highest BCUT2D eigenvalue weighted by molar-refractivity contribution is 5.46. The molecule has 0 aliphatic rings. The molecule has 0 amide bonds. The second-order valence-electron chi connectivity index (χ2n) is 6.43. The van der Waals surface area contributed by atoms with Crippen LogP contribution in [0.1, 0.15) is 64.9 Å². The van der Waals surface area contributed by atoms with E-state index in [9.17, 15) is 0 Å². The Morgan fingerprint density at radius 2 is 1.60 bits per heavy atom. The first-order valence-corrected chi connectivity index (χ1v) is 8.43. The number of nitrogens with zero attached hydrogens (tertiary/aromatic N) is 1. The van der Waals surface area contributed by atoms with Crippen LogP contribution in [0, 0.1) is 5.92 Å². The molecule has 1 rings (SSSR count). The molecule has 114 valence electrons. The van der Waals surface area contributed by atoms with E-state index in [4.69, 9.17) is 0 Å². The van der Waals surface area contributed by atoms with Crippen LogP contribution in [0.4, 0.5) is 5.69 Å². The molecule has 1 nitrogen and oxygen atoms in total. The van der Waals surface area contributed by atoms with Crippen LogP contribution in [0.3, 0.4) is 0 Å². The molecule has 0 atom stereocenters. The van der Waals surface area contributed by atoms with Gasteiger partial charge in [0.15, 0.2) is 0 Å². The molecule has 0 heterocycles. The highest BCUT2D eigenvalue weighted by Gasteiger charge is 2.02. The second kappa shape index (κ2) is 9.85. The maximum absolute atomic E-state index is 2.39. The molecule has 0 N–H and O–H groups in total. The molecule has 0 saturated heterocycles. The number of benzene rings is 1. The minimum absolute atomic E-state index is 0.792. The minimum atomic E-state index is 0.792. The number of anilines is 1. The monoisotopic (exact) mass is 275 g/mol. The zero-order valence-corrected chi connectivity index (χ0v) is 14.0. The van der Waals surface area contributed by atoms with Crippen molar-refractivity contribution in [3.63, 3.8) is 0 Å². The van der Waals surface area contributed by atoms with Gasteiger partial charge in [-0.25, -0.2) is 0 Å². The van der Waals surface area contributed by atoms with E-state index < -0.39 is 0 Å². The lowest BCUT2D eigenvalue weighted by Gasteiger charge is -2.19. The molecule has 0 aliphatic heterocycles. The lowest BCUT2D eigenvalue weighted by Crippen LogP contribution is -2.18. The van der Waals surface area contributed by atoms with Gasteiger partial charge in [0.25, 0.3) is 0 Å². The van der Waals surface area contributed by atoms with Crippen molar-refractivity contribution in [2.24, 2.45) is 5.92 Å². The third kappa shape index (κ3) is 6.98. The van der Waals surface area contributed by atoms with Crippen molar-refractivity contribution in [3.05, 3.63) is 29.8 Å². The van der Waals surface area contributed by atoms with E-state index in [1.165, 1.54) is 62.7 Å². The quantitative estimate of drug-likeness (QED) is 0.496. The first kappa shape index (κ1) is 17.1. The predicted octanol–water partition coefficient (Wildman–Crippen LogP) is 5.68. The first-order chi connectivity index (χ1) is 9.63. The van der Waals surface area contributed by atoms with E-state index in [0.29, 0.717) is 0 Å². The van der Waals surface area contributed by atoms with Crippen LogP contribution in [-0.4, -0.2) is 13.6 Å². The molecule has 0 bridgehead atoms. The summed E-state index contributed by atoms with van der Waals surface area (Å²) in [6.45, 7) is 8.03. The van der Waals surface area contributed by atoms with E-state index in [0.717, 1.165) is 5.92 Å². The van der Waals surface area contributed by atoms with Crippen LogP contribution in [0.15, 0.2) is 24.3 Å². The van der Waals surface area contributed by atoms with Crippen LogP contribution >= 0.6 is 0 Å². The molecule has 1 aromatic carbocycles. The zero-order chi connectivity index (χ0) is 14.8. The van der Waals surface area contributed by atoms with Crippen molar-refractivity contribution in [3.8, 4) is 0 Å². The fourth-order valence-electron chi connectivity index (χ4n) is 2.45. The van der Waals surface area contributed by atoms with Gasteiger partial charge in [0.2, 0.25) is 0 Å². The molecule has 20 heavy (non-hydrogen) atoms. The Balaban J connectivity index is 2.31. The standard InChI is InChI=1S/C19H33N/c1-5-6-7-8-9-16-20(4)19-14-12-18(13-15-19)11-10-17(2)3/h12-15,17H,5-11,16H2,1-4H3. The Labute approximate surface area is 126 Å². The molecular formula is C19H33N. The van der Waals surface area contributed by atoms with Gasteiger partial charge in [0.05, 0.1) is 0 Å². The summed E-state index contributed by atoms with van der Waals surface area (Å²) in [5.74, 6) is 0.792. The van der Waals surface area contributed by atoms with E-state index in [2.05, 4.69) is 57.0 Å². The lowest BCUT2D eigenvalue weighted by atomic mass is 10.0. The summed E-state index contributed by atoms with van der Waals surface area (Å²) in [6.07, 6.45) is 9.27. The van der Waals surface area contributed by atoms with Gasteiger partial charge in [0, 0.05) is 19.3 Å². The number of aryl methyl sites for hydroxylation is 1. The normalized spacial score (nSPS) is 11.1. The molecule has 0 saturated carbocycles. The molecule has 1 heteroatoms. The van der Waals surface area contributed by atoms with Crippen molar-refractivity contribution < 1.29 is 0 Å². The summed E-state index contributed by atoms with van der Waals surface area (Å²) in [5, 5.41) is 0. The molecule has 0 fully saturated rings. The van der Waals surface area contributed by atoms with Gasteiger partial charge in [-0.1, -0.05) is 58.6 Å². The fraction of sp³-hybridized carbons (Fsp3) is 0.684. The lowest BCUT2D eigenvalue weighted by molar-refractivity contribution is 0.586. The second-order valence-corrected chi connectivity index (χ2v) is 6.43. The number of hydrogen-bond donors (Lipinski definition) is 0. The number of rotatable bonds is 10. The highest BCUT2D eigenvalue weighted by atomic mass is 15.1. The number of hydrogen-bond acceptors (Lipinski definition) is 1. The van der Waals surface area contributed by atoms with Crippen molar-refractivity contribution in [1.82, 2.24) is 0 Å². The van der Waals surface area contributed by atoms with Crippen LogP contribution < -0.4 is 4.90 Å². The number of unbranched alkanes of at least 4 members (excludes halogenated alkanes) is 4. The van der Waals surface area contributed by atoms with Crippen LogP contribution in [-0.2, 0) is 6.42 Å². The van der Waals surface area contributed by atoms with E-state index in [-0.39, 0.29) is 0 Å². The Kier molecular flexibility index (Phi) is 8.41. The molecule has 1 aromatic rings. The van der Waals surface area contributed by atoms with Gasteiger partial charge < -0.3 is 4.90 Å². The third-order valence-corrected chi connectivity index (χ3v) is 3.98. The van der Waals surface area contributed by atoms with Gasteiger partial charge in [-0.2, -0.15) is 0 Å². The van der Waals surface area contributed by atoms with Gasteiger partial charge in [0.1, 0.15) is 0 Å². The molecule has 0 unspecified atom stereocenters. The molecule has 0 radical (unpaired) electrons. The maximum Gasteiger partial charge on any atom is 0.0363 e.